The molecule has 0 saturated carbocycles. The van der Waals surface area contributed by atoms with Gasteiger partial charge in [0.2, 0.25) is 5.91 Å². The van der Waals surface area contributed by atoms with Crippen molar-refractivity contribution in [2.24, 2.45) is 4.40 Å². The molecule has 8 nitrogen and oxygen atoms in total. The van der Waals surface area contributed by atoms with Crippen LogP contribution in [0, 0.1) is 5.82 Å². The fourth-order valence-electron chi connectivity index (χ4n) is 2.62. The van der Waals surface area contributed by atoms with E-state index in [0.29, 0.717) is 30.4 Å². The molecule has 2 N–H and O–H groups in total. The van der Waals surface area contributed by atoms with Gasteiger partial charge in [0.25, 0.3) is 10.0 Å². The molecule has 4 rings (SSSR count). The molecule has 2 aromatic rings. The average Bonchev–Trinajstić information content (AvgIpc) is 2.66. The number of halogens is 1. The van der Waals surface area contributed by atoms with E-state index < -0.39 is 15.8 Å². The van der Waals surface area contributed by atoms with Gasteiger partial charge >= 0.3 is 0 Å². The number of hydrogen-bond acceptors (Lipinski definition) is 7. The van der Waals surface area contributed by atoms with E-state index in [0.717, 1.165) is 23.9 Å². The summed E-state index contributed by atoms with van der Waals surface area (Å²) in [6.07, 6.45) is 0. The summed E-state index contributed by atoms with van der Waals surface area (Å²) in [5, 5.41) is 5.53. The molecular weight excluding hydrogens is 409 g/mol. The molecule has 11 heteroatoms. The number of carbonyl (C=O) groups excluding carboxylic acids is 1. The smallest absolute Gasteiger partial charge is 0.286 e. The van der Waals surface area contributed by atoms with Crippen LogP contribution < -0.4 is 20.1 Å². The van der Waals surface area contributed by atoms with E-state index in [1.807, 2.05) is 0 Å². The first-order valence-corrected chi connectivity index (χ1v) is 10.6. The van der Waals surface area contributed by atoms with Crippen molar-refractivity contribution in [3.63, 3.8) is 0 Å². The second kappa shape index (κ2) is 7.32. The molecule has 2 aliphatic rings. The third-order valence-corrected chi connectivity index (χ3v) is 6.14. The van der Waals surface area contributed by atoms with Crippen LogP contribution in [0.2, 0.25) is 0 Å². The Morgan fingerprint density at radius 3 is 2.79 bits per heavy atom. The number of nitrogens with zero attached hydrogens (tertiary/aromatic N) is 1. The van der Waals surface area contributed by atoms with Crippen LogP contribution in [0.15, 0.2) is 45.7 Å². The number of amides is 1. The highest BCUT2D eigenvalue weighted by atomic mass is 32.2. The summed E-state index contributed by atoms with van der Waals surface area (Å²) in [5.41, 5.74) is 0.743. The Bertz CT molecular complexity index is 1090. The zero-order valence-corrected chi connectivity index (χ0v) is 15.9. The fraction of sp³-hybridized carbons (Fsp3) is 0.176. The largest absolute Gasteiger partial charge is 0.486 e. The van der Waals surface area contributed by atoms with Crippen molar-refractivity contribution in [1.29, 1.82) is 0 Å². The number of thioether (sulfide) groups is 1. The lowest BCUT2D eigenvalue weighted by Gasteiger charge is -2.19. The van der Waals surface area contributed by atoms with Gasteiger partial charge in [-0.05, 0) is 30.3 Å². The third-order valence-electron chi connectivity index (χ3n) is 3.83. The van der Waals surface area contributed by atoms with Crippen molar-refractivity contribution in [1.82, 2.24) is 0 Å². The summed E-state index contributed by atoms with van der Waals surface area (Å²) in [4.78, 5) is 12.0. The number of amidine groups is 1. The number of rotatable bonds is 3. The number of sulfonamides is 1. The Balaban J connectivity index is 1.40. The molecule has 0 spiro atoms. The molecule has 0 saturated heterocycles. The maximum absolute atomic E-state index is 13.3. The molecular formula is C17H14FN3O5S2. The van der Waals surface area contributed by atoms with Gasteiger partial charge in [0.1, 0.15) is 23.9 Å². The maximum atomic E-state index is 13.3. The highest BCUT2D eigenvalue weighted by Crippen LogP contribution is 2.33. The summed E-state index contributed by atoms with van der Waals surface area (Å²) < 4.78 is 52.1. The van der Waals surface area contributed by atoms with Gasteiger partial charge in [-0.2, -0.15) is 8.42 Å². The van der Waals surface area contributed by atoms with Gasteiger partial charge in [0.15, 0.2) is 16.7 Å². The minimum absolute atomic E-state index is 0.0384. The van der Waals surface area contributed by atoms with Crippen molar-refractivity contribution in [3.05, 3.63) is 42.2 Å². The van der Waals surface area contributed by atoms with Gasteiger partial charge < -0.3 is 20.1 Å². The van der Waals surface area contributed by atoms with E-state index in [1.54, 1.807) is 18.2 Å². The van der Waals surface area contributed by atoms with E-state index >= 15 is 0 Å². The maximum Gasteiger partial charge on any atom is 0.286 e. The summed E-state index contributed by atoms with van der Waals surface area (Å²) in [6, 6.07) is 8.39. The summed E-state index contributed by atoms with van der Waals surface area (Å²) in [7, 11) is -4.03. The van der Waals surface area contributed by atoms with Crippen LogP contribution in [0.5, 0.6) is 11.5 Å². The standard InChI is InChI=1S/C17H14FN3O5S2/c18-10-1-3-12-15(7-10)28(23,24)21-17(20-12)27-9-16(22)19-11-2-4-13-14(8-11)26-6-5-25-13/h1-4,7-8H,5-6,9H2,(H,19,22)(H,20,21). The van der Waals surface area contributed by atoms with Crippen LogP contribution in [-0.2, 0) is 14.8 Å². The highest BCUT2D eigenvalue weighted by Gasteiger charge is 2.26. The van der Waals surface area contributed by atoms with Crippen molar-refractivity contribution in [2.75, 3.05) is 29.6 Å². The second-order valence-corrected chi connectivity index (χ2v) is 8.37. The lowest BCUT2D eigenvalue weighted by molar-refractivity contribution is -0.113. The van der Waals surface area contributed by atoms with Gasteiger partial charge in [-0.1, -0.05) is 11.8 Å². The predicted octanol–water partition coefficient (Wildman–Crippen LogP) is 2.44. The van der Waals surface area contributed by atoms with Gasteiger partial charge in [0.05, 0.1) is 11.4 Å². The SMILES string of the molecule is O=C(CSC1=NS(=O)(=O)c2cc(F)ccc2N1)Nc1ccc2c(c1)OCCO2. The predicted molar refractivity (Wildman–Crippen MR) is 103 cm³/mol. The minimum atomic E-state index is -4.03. The quantitative estimate of drug-likeness (QED) is 0.781. The average molecular weight is 423 g/mol. The topological polar surface area (TPSA) is 106 Å². The molecule has 1 amide bonds. The number of anilines is 2. The van der Waals surface area contributed by atoms with Crippen molar-refractivity contribution in [2.45, 2.75) is 4.90 Å². The number of benzene rings is 2. The highest BCUT2D eigenvalue weighted by molar-refractivity contribution is 8.15. The zero-order chi connectivity index (χ0) is 19.7. The van der Waals surface area contributed by atoms with Crippen LogP contribution in [0.1, 0.15) is 0 Å². The summed E-state index contributed by atoms with van der Waals surface area (Å²) in [6.45, 7) is 0.911. The van der Waals surface area contributed by atoms with Gasteiger partial charge in [-0.25, -0.2) is 4.39 Å². The van der Waals surface area contributed by atoms with E-state index in [-0.39, 0.29) is 27.4 Å². The van der Waals surface area contributed by atoms with Crippen LogP contribution >= 0.6 is 11.8 Å². The van der Waals surface area contributed by atoms with Crippen LogP contribution in [-0.4, -0.2) is 38.5 Å². The van der Waals surface area contributed by atoms with Crippen LogP contribution in [0.25, 0.3) is 0 Å². The Kier molecular flexibility index (Phi) is 4.85. The van der Waals surface area contributed by atoms with E-state index in [4.69, 9.17) is 9.47 Å². The Morgan fingerprint density at radius 2 is 1.96 bits per heavy atom. The first-order valence-electron chi connectivity index (χ1n) is 8.14. The van der Waals surface area contributed by atoms with E-state index in [9.17, 15) is 17.6 Å². The summed E-state index contributed by atoms with van der Waals surface area (Å²) >= 11 is 0.922. The number of fused-ring (bicyclic) bond motifs is 2. The molecule has 0 bridgehead atoms. The molecule has 2 aromatic carbocycles. The molecule has 0 radical (unpaired) electrons. The number of ether oxygens (including phenoxy) is 2. The first kappa shape index (κ1) is 18.6. The first-order chi connectivity index (χ1) is 13.4. The van der Waals surface area contributed by atoms with Gasteiger partial charge in [-0.15, -0.1) is 4.40 Å². The molecule has 0 fully saturated rings. The van der Waals surface area contributed by atoms with Gasteiger partial charge in [0, 0.05) is 11.8 Å². The molecule has 146 valence electrons. The van der Waals surface area contributed by atoms with Crippen LogP contribution in [0.4, 0.5) is 15.8 Å². The molecule has 0 aromatic heterocycles. The van der Waals surface area contributed by atoms with Crippen molar-refractivity contribution >= 4 is 44.2 Å². The lowest BCUT2D eigenvalue weighted by atomic mass is 10.2. The Morgan fingerprint density at radius 1 is 1.18 bits per heavy atom. The molecule has 0 atom stereocenters. The zero-order valence-electron chi connectivity index (χ0n) is 14.3. The molecule has 28 heavy (non-hydrogen) atoms. The molecule has 2 heterocycles. The number of nitrogens with one attached hydrogen (secondary N) is 2. The minimum Gasteiger partial charge on any atom is -0.486 e. The molecule has 2 aliphatic heterocycles. The Hall–Kier alpha value is -2.79. The van der Waals surface area contributed by atoms with E-state index in [2.05, 4.69) is 15.0 Å². The number of carbonyl (C=O) groups is 1. The van der Waals surface area contributed by atoms with Gasteiger partial charge in [-0.3, -0.25) is 4.79 Å². The monoisotopic (exact) mass is 423 g/mol. The number of hydrogen-bond donors (Lipinski definition) is 2. The third kappa shape index (κ3) is 3.90. The van der Waals surface area contributed by atoms with Crippen molar-refractivity contribution < 1.29 is 27.1 Å². The Labute approximate surface area is 164 Å². The molecule has 0 aliphatic carbocycles. The lowest BCUT2D eigenvalue weighted by Crippen LogP contribution is -2.22. The second-order valence-electron chi connectivity index (χ2n) is 5.83. The van der Waals surface area contributed by atoms with E-state index in [1.165, 1.54) is 6.07 Å². The summed E-state index contributed by atoms with van der Waals surface area (Å²) in [5.74, 6) is 0.0548. The molecule has 0 unspecified atom stereocenters. The fourth-order valence-corrected chi connectivity index (χ4v) is 4.67. The van der Waals surface area contributed by atoms with Crippen molar-refractivity contribution in [3.8, 4) is 11.5 Å². The van der Waals surface area contributed by atoms with Crippen LogP contribution in [0.3, 0.4) is 0 Å². The normalized spacial score (nSPS) is 16.4.